The minimum Gasteiger partial charge on any atom is -0.346 e. The van der Waals surface area contributed by atoms with Crippen LogP contribution in [0.1, 0.15) is 23.1 Å². The molecular weight excluding hydrogens is 296 g/mol. The zero-order valence-electron chi connectivity index (χ0n) is 10.2. The van der Waals surface area contributed by atoms with E-state index in [0.29, 0.717) is 0 Å². The van der Waals surface area contributed by atoms with Crippen LogP contribution in [0.4, 0.5) is 0 Å². The Morgan fingerprint density at radius 2 is 2.24 bits per heavy atom. The molecule has 1 N–H and O–H groups in total. The summed E-state index contributed by atoms with van der Waals surface area (Å²) in [6.45, 7) is 7.25. The highest BCUT2D eigenvalue weighted by Gasteiger charge is 2.07. The molecule has 0 fully saturated rings. The minimum atomic E-state index is 0.955. The van der Waals surface area contributed by atoms with E-state index >= 15 is 0 Å². The first-order chi connectivity index (χ1) is 8.22. The van der Waals surface area contributed by atoms with Gasteiger partial charge in [-0.1, -0.05) is 6.92 Å². The molecule has 0 atom stereocenters. The Bertz CT molecular complexity index is 487. The molecule has 0 spiro atoms. The summed E-state index contributed by atoms with van der Waals surface area (Å²) >= 11 is 5.38. The van der Waals surface area contributed by atoms with Gasteiger partial charge in [-0.3, -0.25) is 0 Å². The van der Waals surface area contributed by atoms with Crippen LogP contribution in [0.2, 0.25) is 0 Å². The number of hydrogen-bond donors (Lipinski definition) is 1. The maximum absolute atomic E-state index is 3.58. The van der Waals surface area contributed by atoms with E-state index in [4.69, 9.17) is 0 Å². The summed E-state index contributed by atoms with van der Waals surface area (Å²) in [5, 5.41) is 5.49. The SMILES string of the molecule is CCNCc1ccn(Cc2sccc2Br)c1C. The quantitative estimate of drug-likeness (QED) is 0.889. The van der Waals surface area contributed by atoms with E-state index in [9.17, 15) is 0 Å². The Balaban J connectivity index is 2.12. The molecular formula is C13H17BrN2S. The molecule has 2 aromatic heterocycles. The van der Waals surface area contributed by atoms with Gasteiger partial charge in [0.1, 0.15) is 0 Å². The Morgan fingerprint density at radius 1 is 1.41 bits per heavy atom. The number of nitrogens with zero attached hydrogens (tertiary/aromatic N) is 1. The van der Waals surface area contributed by atoms with Crippen molar-refractivity contribution in [2.45, 2.75) is 26.9 Å². The van der Waals surface area contributed by atoms with Gasteiger partial charge in [0.15, 0.2) is 0 Å². The number of halogens is 1. The van der Waals surface area contributed by atoms with Crippen LogP contribution in [0.5, 0.6) is 0 Å². The van der Waals surface area contributed by atoms with Gasteiger partial charge in [-0.25, -0.2) is 0 Å². The lowest BCUT2D eigenvalue weighted by atomic mass is 10.2. The third-order valence-electron chi connectivity index (χ3n) is 2.92. The molecule has 0 amide bonds. The van der Waals surface area contributed by atoms with E-state index in [1.54, 1.807) is 11.3 Å². The fraction of sp³-hybridized carbons (Fsp3) is 0.385. The minimum absolute atomic E-state index is 0.955. The van der Waals surface area contributed by atoms with Gasteiger partial charge in [-0.2, -0.15) is 0 Å². The van der Waals surface area contributed by atoms with Crippen molar-refractivity contribution in [3.63, 3.8) is 0 Å². The highest BCUT2D eigenvalue weighted by atomic mass is 79.9. The average molecular weight is 313 g/mol. The summed E-state index contributed by atoms with van der Waals surface area (Å²) in [6, 6.07) is 4.32. The zero-order chi connectivity index (χ0) is 12.3. The highest BCUT2D eigenvalue weighted by molar-refractivity contribution is 9.10. The lowest BCUT2D eigenvalue weighted by molar-refractivity contribution is 0.711. The van der Waals surface area contributed by atoms with Gasteiger partial charge in [0.25, 0.3) is 0 Å². The standard InChI is InChI=1S/C13H17BrN2S/c1-3-15-8-11-4-6-16(10(11)2)9-13-12(14)5-7-17-13/h4-7,15H,3,8-9H2,1-2H3. The molecule has 0 aliphatic heterocycles. The smallest absolute Gasteiger partial charge is 0.0577 e. The maximum Gasteiger partial charge on any atom is 0.0577 e. The van der Waals surface area contributed by atoms with Gasteiger partial charge >= 0.3 is 0 Å². The predicted octanol–water partition coefficient (Wildman–Crippen LogP) is 3.78. The van der Waals surface area contributed by atoms with Gasteiger partial charge in [0, 0.05) is 27.8 Å². The fourth-order valence-electron chi connectivity index (χ4n) is 1.81. The molecule has 0 aliphatic carbocycles. The second-order valence-corrected chi connectivity index (χ2v) is 5.88. The Morgan fingerprint density at radius 3 is 2.88 bits per heavy atom. The van der Waals surface area contributed by atoms with E-state index in [0.717, 1.165) is 19.6 Å². The molecule has 0 saturated carbocycles. The van der Waals surface area contributed by atoms with Crippen molar-refractivity contribution >= 4 is 27.3 Å². The van der Waals surface area contributed by atoms with Crippen molar-refractivity contribution in [1.82, 2.24) is 9.88 Å². The summed E-state index contributed by atoms with van der Waals surface area (Å²) in [5.74, 6) is 0. The Hall–Kier alpha value is -0.580. The Labute approximate surface area is 115 Å². The molecule has 0 aliphatic rings. The maximum atomic E-state index is 3.58. The van der Waals surface area contributed by atoms with Gasteiger partial charge in [0.05, 0.1) is 6.54 Å². The summed E-state index contributed by atoms with van der Waals surface area (Å²) in [4.78, 5) is 1.37. The molecule has 4 heteroatoms. The van der Waals surface area contributed by atoms with Crippen LogP contribution in [0.25, 0.3) is 0 Å². The van der Waals surface area contributed by atoms with Gasteiger partial charge in [0.2, 0.25) is 0 Å². The molecule has 17 heavy (non-hydrogen) atoms. The number of nitrogens with one attached hydrogen (secondary N) is 1. The van der Waals surface area contributed by atoms with Crippen LogP contribution in [-0.4, -0.2) is 11.1 Å². The second-order valence-electron chi connectivity index (χ2n) is 4.03. The number of rotatable bonds is 5. The normalized spacial score (nSPS) is 11.0. The molecule has 2 aromatic rings. The fourth-order valence-corrected chi connectivity index (χ4v) is 3.28. The summed E-state index contributed by atoms with van der Waals surface area (Å²) in [6.07, 6.45) is 2.17. The third-order valence-corrected chi connectivity index (χ3v) is 4.83. The first-order valence-corrected chi connectivity index (χ1v) is 7.46. The van der Waals surface area contributed by atoms with E-state index in [1.165, 1.54) is 20.6 Å². The number of aromatic nitrogens is 1. The largest absolute Gasteiger partial charge is 0.346 e. The summed E-state index contributed by atoms with van der Waals surface area (Å²) < 4.78 is 3.52. The summed E-state index contributed by atoms with van der Waals surface area (Å²) in [5.41, 5.74) is 2.74. The first-order valence-electron chi connectivity index (χ1n) is 5.79. The lowest BCUT2D eigenvalue weighted by Gasteiger charge is -2.07. The highest BCUT2D eigenvalue weighted by Crippen LogP contribution is 2.24. The van der Waals surface area contributed by atoms with Crippen molar-refractivity contribution in [1.29, 1.82) is 0 Å². The predicted molar refractivity (Wildman–Crippen MR) is 77.7 cm³/mol. The van der Waals surface area contributed by atoms with Crippen LogP contribution in [0.15, 0.2) is 28.2 Å². The molecule has 2 heterocycles. The van der Waals surface area contributed by atoms with Gasteiger partial charge < -0.3 is 9.88 Å². The molecule has 0 saturated heterocycles. The van der Waals surface area contributed by atoms with E-state index in [-0.39, 0.29) is 0 Å². The topological polar surface area (TPSA) is 17.0 Å². The van der Waals surface area contributed by atoms with Crippen LogP contribution in [0.3, 0.4) is 0 Å². The molecule has 0 aromatic carbocycles. The monoisotopic (exact) mass is 312 g/mol. The van der Waals surface area contributed by atoms with Crippen molar-refractivity contribution in [3.8, 4) is 0 Å². The van der Waals surface area contributed by atoms with Crippen LogP contribution >= 0.6 is 27.3 Å². The Kier molecular flexibility index (Phi) is 4.42. The van der Waals surface area contributed by atoms with Crippen molar-refractivity contribution in [2.75, 3.05) is 6.54 Å². The van der Waals surface area contributed by atoms with Crippen LogP contribution < -0.4 is 5.32 Å². The van der Waals surface area contributed by atoms with E-state index in [2.05, 4.69) is 63.4 Å². The number of hydrogen-bond acceptors (Lipinski definition) is 2. The van der Waals surface area contributed by atoms with Gasteiger partial charge in [-0.15, -0.1) is 11.3 Å². The van der Waals surface area contributed by atoms with Crippen molar-refractivity contribution in [3.05, 3.63) is 44.3 Å². The molecule has 0 radical (unpaired) electrons. The lowest BCUT2D eigenvalue weighted by Crippen LogP contribution is -2.12. The van der Waals surface area contributed by atoms with Crippen molar-refractivity contribution < 1.29 is 0 Å². The average Bonchev–Trinajstić information content (AvgIpc) is 2.86. The number of thiophene rings is 1. The van der Waals surface area contributed by atoms with Crippen molar-refractivity contribution in [2.24, 2.45) is 0 Å². The molecule has 2 nitrogen and oxygen atoms in total. The van der Waals surface area contributed by atoms with E-state index in [1.807, 2.05) is 0 Å². The van der Waals surface area contributed by atoms with Gasteiger partial charge in [-0.05, 0) is 52.5 Å². The molecule has 0 bridgehead atoms. The zero-order valence-corrected chi connectivity index (χ0v) is 12.6. The molecule has 2 rings (SSSR count). The third kappa shape index (κ3) is 3.00. The van der Waals surface area contributed by atoms with Crippen LogP contribution in [0, 0.1) is 6.92 Å². The molecule has 0 unspecified atom stereocenters. The first kappa shape index (κ1) is 12.9. The van der Waals surface area contributed by atoms with E-state index < -0.39 is 0 Å². The molecule has 92 valence electrons. The second kappa shape index (κ2) is 5.85. The van der Waals surface area contributed by atoms with Crippen LogP contribution in [-0.2, 0) is 13.1 Å². The summed E-state index contributed by atoms with van der Waals surface area (Å²) in [7, 11) is 0.